The summed E-state index contributed by atoms with van der Waals surface area (Å²) in [7, 11) is 0. The van der Waals surface area contributed by atoms with Crippen LogP contribution in [0.3, 0.4) is 0 Å². The predicted molar refractivity (Wildman–Crippen MR) is 168 cm³/mol. The zero-order valence-electron chi connectivity index (χ0n) is 24.9. The van der Waals surface area contributed by atoms with Gasteiger partial charge in [-0.2, -0.15) is 0 Å². The minimum Gasteiger partial charge on any atom is -0.346 e. The van der Waals surface area contributed by atoms with Crippen LogP contribution in [0.5, 0.6) is 0 Å². The maximum atomic E-state index is 13.4. The normalized spacial score (nSPS) is 13.0. The van der Waals surface area contributed by atoms with Crippen molar-refractivity contribution in [3.05, 3.63) is 111 Å². The molecule has 220 valence electrons. The Morgan fingerprint density at radius 1 is 1.00 bits per heavy atom. The number of carbonyl (C=O) groups excluding carboxylic acids is 1. The van der Waals surface area contributed by atoms with Gasteiger partial charge in [-0.25, -0.2) is 0 Å². The van der Waals surface area contributed by atoms with E-state index >= 15 is 0 Å². The Hall–Kier alpha value is -3.98. The molecule has 1 amide bonds. The second-order valence-electron chi connectivity index (χ2n) is 12.1. The molecule has 0 aliphatic carbocycles. The van der Waals surface area contributed by atoms with Crippen LogP contribution in [0.2, 0.25) is 0 Å². The van der Waals surface area contributed by atoms with Gasteiger partial charge < -0.3 is 5.32 Å². The molecule has 2 atom stereocenters. The Kier molecular flexibility index (Phi) is 10.2. The van der Waals surface area contributed by atoms with Crippen LogP contribution in [-0.2, 0) is 17.0 Å². The number of rotatable bonds is 12. The lowest BCUT2D eigenvalue weighted by molar-refractivity contribution is -0.384. The average Bonchev–Trinajstić information content (AvgIpc) is 3.35. The van der Waals surface area contributed by atoms with Crippen molar-refractivity contribution in [3.8, 4) is 5.69 Å². The fourth-order valence-corrected chi connectivity index (χ4v) is 6.16. The molecule has 1 heterocycles. The summed E-state index contributed by atoms with van der Waals surface area (Å²) in [6, 6.07) is 24.2. The van der Waals surface area contributed by atoms with Crippen molar-refractivity contribution in [1.82, 2.24) is 20.1 Å². The topological polar surface area (TPSA) is 103 Å². The Morgan fingerprint density at radius 2 is 1.69 bits per heavy atom. The Morgan fingerprint density at radius 3 is 2.33 bits per heavy atom. The largest absolute Gasteiger partial charge is 0.346 e. The van der Waals surface area contributed by atoms with E-state index in [1.165, 1.54) is 29.5 Å². The standard InChI is InChI=1S/C33H39N5O3S/c1-23-10-9-13-26(18-23)22-42-32-36-35-31(37(32)27-14-16-28(17-15-27)38(40)41)29(20-25-11-7-6-8-12-25)34-30(39)19-24(2)21-33(3,4)5/h6-18,24,29H,19-22H2,1-5H3,(H,34,39). The summed E-state index contributed by atoms with van der Waals surface area (Å²) < 4.78 is 1.91. The molecule has 0 bridgehead atoms. The van der Waals surface area contributed by atoms with Gasteiger partial charge in [-0.15, -0.1) is 10.2 Å². The van der Waals surface area contributed by atoms with Crippen LogP contribution in [0.1, 0.15) is 69.1 Å². The number of nitro groups is 1. The fourth-order valence-electron chi connectivity index (χ4n) is 5.26. The van der Waals surface area contributed by atoms with E-state index in [1.54, 1.807) is 12.1 Å². The number of benzene rings is 3. The van der Waals surface area contributed by atoms with Crippen LogP contribution in [0.4, 0.5) is 5.69 Å². The Bertz CT molecular complexity index is 1500. The first-order chi connectivity index (χ1) is 20.0. The summed E-state index contributed by atoms with van der Waals surface area (Å²) in [5.41, 5.74) is 4.21. The van der Waals surface area contributed by atoms with Crippen molar-refractivity contribution in [3.63, 3.8) is 0 Å². The summed E-state index contributed by atoms with van der Waals surface area (Å²) in [5.74, 6) is 1.43. The molecule has 1 aromatic heterocycles. The monoisotopic (exact) mass is 585 g/mol. The van der Waals surface area contributed by atoms with E-state index in [0.717, 1.165) is 17.5 Å². The van der Waals surface area contributed by atoms with Gasteiger partial charge in [-0.3, -0.25) is 19.5 Å². The lowest BCUT2D eigenvalue weighted by Gasteiger charge is -2.24. The van der Waals surface area contributed by atoms with Gasteiger partial charge in [0.05, 0.1) is 11.0 Å². The molecule has 0 fully saturated rings. The van der Waals surface area contributed by atoms with Gasteiger partial charge >= 0.3 is 0 Å². The van der Waals surface area contributed by atoms with Crippen LogP contribution in [-0.4, -0.2) is 25.6 Å². The third-order valence-corrected chi connectivity index (χ3v) is 7.85. The lowest BCUT2D eigenvalue weighted by atomic mass is 9.84. The summed E-state index contributed by atoms with van der Waals surface area (Å²) in [6.07, 6.45) is 1.86. The number of nitrogens with one attached hydrogen (secondary N) is 1. The van der Waals surface area contributed by atoms with Crippen molar-refractivity contribution in [2.75, 3.05) is 0 Å². The van der Waals surface area contributed by atoms with Gasteiger partial charge in [0, 0.05) is 30.0 Å². The smallest absolute Gasteiger partial charge is 0.269 e. The molecule has 9 heteroatoms. The van der Waals surface area contributed by atoms with Crippen LogP contribution in [0.25, 0.3) is 5.69 Å². The predicted octanol–water partition coefficient (Wildman–Crippen LogP) is 7.64. The summed E-state index contributed by atoms with van der Waals surface area (Å²) in [4.78, 5) is 24.3. The molecular formula is C33H39N5O3S. The number of nitro benzene ring substituents is 1. The van der Waals surface area contributed by atoms with Crippen LogP contribution < -0.4 is 5.32 Å². The van der Waals surface area contributed by atoms with Crippen LogP contribution in [0, 0.1) is 28.4 Å². The maximum Gasteiger partial charge on any atom is 0.269 e. The van der Waals surface area contributed by atoms with E-state index in [4.69, 9.17) is 0 Å². The number of aromatic nitrogens is 3. The van der Waals surface area contributed by atoms with E-state index < -0.39 is 11.0 Å². The zero-order chi connectivity index (χ0) is 30.3. The van der Waals surface area contributed by atoms with Crippen molar-refractivity contribution in [2.45, 2.75) is 70.8 Å². The van der Waals surface area contributed by atoms with Crippen molar-refractivity contribution in [2.24, 2.45) is 11.3 Å². The van der Waals surface area contributed by atoms with Crippen molar-refractivity contribution >= 4 is 23.4 Å². The molecule has 4 aromatic rings. The number of aryl methyl sites for hydroxylation is 1. The molecule has 8 nitrogen and oxygen atoms in total. The first-order valence-electron chi connectivity index (χ1n) is 14.2. The van der Waals surface area contributed by atoms with Gasteiger partial charge in [-0.1, -0.05) is 99.6 Å². The molecule has 3 aromatic carbocycles. The molecule has 0 saturated heterocycles. The molecule has 0 aliphatic rings. The highest BCUT2D eigenvalue weighted by Crippen LogP contribution is 2.31. The number of hydrogen-bond donors (Lipinski definition) is 1. The summed E-state index contributed by atoms with van der Waals surface area (Å²) in [6.45, 7) is 10.7. The summed E-state index contributed by atoms with van der Waals surface area (Å²) in [5, 5.41) is 24.4. The molecule has 1 N–H and O–H groups in total. The number of amides is 1. The van der Waals surface area contributed by atoms with E-state index in [0.29, 0.717) is 35.3 Å². The SMILES string of the molecule is Cc1cccc(CSc2nnc(C(Cc3ccccc3)NC(=O)CC(C)CC(C)(C)C)n2-c2ccc([N+](=O)[O-])cc2)c1. The van der Waals surface area contributed by atoms with Gasteiger partial charge in [-0.05, 0) is 54.4 Å². The van der Waals surface area contributed by atoms with Gasteiger partial charge in [0.2, 0.25) is 5.91 Å². The third-order valence-electron chi connectivity index (χ3n) is 6.85. The third kappa shape index (κ3) is 8.76. The molecule has 0 aliphatic heterocycles. The minimum absolute atomic E-state index is 0.00399. The molecule has 0 radical (unpaired) electrons. The number of hydrogen-bond acceptors (Lipinski definition) is 6. The number of non-ortho nitro benzene ring substituents is 1. The number of carbonyl (C=O) groups is 1. The van der Waals surface area contributed by atoms with E-state index in [9.17, 15) is 14.9 Å². The first kappa shape index (κ1) is 31.0. The van der Waals surface area contributed by atoms with Crippen molar-refractivity contribution in [1.29, 1.82) is 0 Å². The minimum atomic E-state index is -0.460. The average molecular weight is 586 g/mol. The van der Waals surface area contributed by atoms with Crippen molar-refractivity contribution < 1.29 is 9.72 Å². The molecule has 2 unspecified atom stereocenters. The fraction of sp³-hybridized carbons (Fsp3) is 0.364. The highest BCUT2D eigenvalue weighted by molar-refractivity contribution is 7.98. The lowest BCUT2D eigenvalue weighted by Crippen LogP contribution is -2.33. The van der Waals surface area contributed by atoms with E-state index in [1.807, 2.05) is 41.0 Å². The molecule has 4 rings (SSSR count). The van der Waals surface area contributed by atoms with Gasteiger partial charge in [0.15, 0.2) is 11.0 Å². The quantitative estimate of drug-likeness (QED) is 0.104. The van der Waals surface area contributed by atoms with Crippen LogP contribution >= 0.6 is 11.8 Å². The van der Waals surface area contributed by atoms with Gasteiger partial charge in [0.1, 0.15) is 0 Å². The Balaban J connectivity index is 1.70. The molecule has 0 spiro atoms. The molecular weight excluding hydrogens is 546 g/mol. The molecule has 0 saturated carbocycles. The second kappa shape index (κ2) is 13.8. The van der Waals surface area contributed by atoms with Gasteiger partial charge in [0.25, 0.3) is 5.69 Å². The highest BCUT2D eigenvalue weighted by Gasteiger charge is 2.26. The van der Waals surface area contributed by atoms with E-state index in [-0.39, 0.29) is 22.9 Å². The number of nitrogens with zero attached hydrogens (tertiary/aromatic N) is 4. The Labute approximate surface area is 252 Å². The zero-order valence-corrected chi connectivity index (χ0v) is 25.7. The maximum absolute atomic E-state index is 13.4. The van der Waals surface area contributed by atoms with E-state index in [2.05, 4.69) is 68.3 Å². The second-order valence-corrected chi connectivity index (χ2v) is 13.1. The summed E-state index contributed by atoms with van der Waals surface area (Å²) >= 11 is 1.54. The van der Waals surface area contributed by atoms with Crippen LogP contribution in [0.15, 0.2) is 84.0 Å². The number of thioether (sulfide) groups is 1. The first-order valence-corrected chi connectivity index (χ1v) is 15.2. The molecule has 42 heavy (non-hydrogen) atoms. The highest BCUT2D eigenvalue weighted by atomic mass is 32.2.